The highest BCUT2D eigenvalue weighted by molar-refractivity contribution is 8.14. The van der Waals surface area contributed by atoms with Crippen LogP contribution in [0.4, 0.5) is 11.4 Å². The van der Waals surface area contributed by atoms with E-state index in [2.05, 4.69) is 20.9 Å². The molecule has 144 valence electrons. The number of nitrogens with zero attached hydrogens (tertiary/aromatic N) is 1. The van der Waals surface area contributed by atoms with Crippen molar-refractivity contribution in [2.75, 3.05) is 16.4 Å². The van der Waals surface area contributed by atoms with Gasteiger partial charge in [0.15, 0.2) is 5.17 Å². The predicted molar refractivity (Wildman–Crippen MR) is 111 cm³/mol. The molecule has 0 fully saturated rings. The highest BCUT2D eigenvalue weighted by Crippen LogP contribution is 2.25. The van der Waals surface area contributed by atoms with Gasteiger partial charge in [-0.1, -0.05) is 42.1 Å². The summed E-state index contributed by atoms with van der Waals surface area (Å²) < 4.78 is 0. The number of benzene rings is 2. The van der Waals surface area contributed by atoms with Crippen LogP contribution in [-0.2, 0) is 14.4 Å². The Labute approximate surface area is 167 Å². The highest BCUT2D eigenvalue weighted by atomic mass is 32.2. The van der Waals surface area contributed by atoms with Crippen LogP contribution < -0.4 is 16.0 Å². The molecule has 1 aliphatic rings. The molecule has 8 heteroatoms. The number of amides is 3. The van der Waals surface area contributed by atoms with Crippen LogP contribution in [0.2, 0.25) is 0 Å². The topological polar surface area (TPSA) is 99.7 Å². The lowest BCUT2D eigenvalue weighted by molar-refractivity contribution is -0.120. The predicted octanol–water partition coefficient (Wildman–Crippen LogP) is 2.93. The molecule has 7 nitrogen and oxygen atoms in total. The smallest absolute Gasteiger partial charge is 0.234 e. The molecule has 0 saturated carbocycles. The highest BCUT2D eigenvalue weighted by Gasteiger charge is 2.23. The lowest BCUT2D eigenvalue weighted by Crippen LogP contribution is -2.35. The van der Waals surface area contributed by atoms with Gasteiger partial charge in [-0.25, -0.2) is 0 Å². The summed E-state index contributed by atoms with van der Waals surface area (Å²) in [6.45, 7) is 1.43. The zero-order valence-corrected chi connectivity index (χ0v) is 16.1. The van der Waals surface area contributed by atoms with E-state index in [9.17, 15) is 14.4 Å². The van der Waals surface area contributed by atoms with Crippen LogP contribution in [0.25, 0.3) is 0 Å². The Balaban J connectivity index is 1.55. The van der Waals surface area contributed by atoms with Gasteiger partial charge in [0.1, 0.15) is 0 Å². The van der Waals surface area contributed by atoms with Crippen molar-refractivity contribution in [1.29, 1.82) is 0 Å². The first-order valence-corrected chi connectivity index (χ1v) is 9.71. The number of carbonyl (C=O) groups excluding carboxylic acids is 3. The molecule has 1 heterocycles. The van der Waals surface area contributed by atoms with Gasteiger partial charge in [-0.15, -0.1) is 0 Å². The summed E-state index contributed by atoms with van der Waals surface area (Å²) in [5.41, 5.74) is 2.25. The fourth-order valence-corrected chi connectivity index (χ4v) is 3.41. The first-order valence-electron chi connectivity index (χ1n) is 8.72. The van der Waals surface area contributed by atoms with Gasteiger partial charge in [0.2, 0.25) is 17.7 Å². The van der Waals surface area contributed by atoms with E-state index in [4.69, 9.17) is 0 Å². The molecule has 0 spiro atoms. The number of nitrogens with one attached hydrogen (secondary N) is 3. The van der Waals surface area contributed by atoms with Gasteiger partial charge >= 0.3 is 0 Å². The standard InChI is InChI=1S/C20H20N4O3S/c1-13(25)21-15-7-9-16(10-8-15)22-19(27)12-28-20-23-17(11-18(26)24-20)14-5-3-2-4-6-14/h2-10,17H,11-12H2,1H3,(H,21,25)(H,22,27)(H,23,24,26). The second-order valence-corrected chi connectivity index (χ2v) is 7.17. The van der Waals surface area contributed by atoms with Crippen LogP contribution in [0.5, 0.6) is 0 Å². The van der Waals surface area contributed by atoms with Crippen molar-refractivity contribution in [2.24, 2.45) is 4.99 Å². The number of hydrogen-bond donors (Lipinski definition) is 3. The van der Waals surface area contributed by atoms with Crippen LogP contribution in [0.15, 0.2) is 59.6 Å². The molecule has 3 rings (SSSR count). The summed E-state index contributed by atoms with van der Waals surface area (Å²) in [6, 6.07) is 16.2. The molecule has 2 aromatic rings. The average molecular weight is 396 g/mol. The minimum Gasteiger partial charge on any atom is -0.326 e. The Kier molecular flexibility index (Phi) is 6.44. The third kappa shape index (κ3) is 5.68. The van der Waals surface area contributed by atoms with E-state index < -0.39 is 0 Å². The molecule has 0 bridgehead atoms. The molecule has 2 aromatic carbocycles. The van der Waals surface area contributed by atoms with Crippen molar-refractivity contribution < 1.29 is 14.4 Å². The molecule has 0 aromatic heterocycles. The number of thioether (sulfide) groups is 1. The van der Waals surface area contributed by atoms with Gasteiger partial charge in [0, 0.05) is 18.3 Å². The van der Waals surface area contributed by atoms with E-state index in [1.165, 1.54) is 18.7 Å². The quantitative estimate of drug-likeness (QED) is 0.723. The van der Waals surface area contributed by atoms with E-state index in [0.717, 1.165) is 5.56 Å². The summed E-state index contributed by atoms with van der Waals surface area (Å²) in [6.07, 6.45) is 0.293. The van der Waals surface area contributed by atoms with Crippen LogP contribution in [-0.4, -0.2) is 28.6 Å². The molecule has 0 radical (unpaired) electrons. The molecule has 3 amide bonds. The third-order valence-electron chi connectivity index (χ3n) is 3.91. The second kappa shape index (κ2) is 9.18. The zero-order valence-electron chi connectivity index (χ0n) is 15.3. The maximum absolute atomic E-state index is 12.2. The van der Waals surface area contributed by atoms with Gasteiger partial charge in [-0.2, -0.15) is 0 Å². The second-order valence-electron chi connectivity index (χ2n) is 6.21. The van der Waals surface area contributed by atoms with Crippen LogP contribution in [0, 0.1) is 0 Å². The Morgan fingerprint density at radius 2 is 1.71 bits per heavy atom. The van der Waals surface area contributed by atoms with Gasteiger partial charge < -0.3 is 16.0 Å². The van der Waals surface area contributed by atoms with Crippen molar-refractivity contribution in [1.82, 2.24) is 5.32 Å². The van der Waals surface area contributed by atoms with E-state index >= 15 is 0 Å². The monoisotopic (exact) mass is 396 g/mol. The zero-order chi connectivity index (χ0) is 19.9. The fraction of sp³-hybridized carbons (Fsp3) is 0.200. The van der Waals surface area contributed by atoms with Crippen LogP contribution in [0.1, 0.15) is 24.9 Å². The number of anilines is 2. The first-order chi connectivity index (χ1) is 13.5. The Morgan fingerprint density at radius 1 is 1.07 bits per heavy atom. The summed E-state index contributed by atoms with van der Waals surface area (Å²) in [4.78, 5) is 39.7. The maximum Gasteiger partial charge on any atom is 0.234 e. The van der Waals surface area contributed by atoms with Crippen LogP contribution >= 0.6 is 11.8 Å². The summed E-state index contributed by atoms with van der Waals surface area (Å²) in [5, 5.41) is 8.60. The van der Waals surface area contributed by atoms with Gasteiger partial charge in [0.05, 0.1) is 18.2 Å². The minimum absolute atomic E-state index is 0.111. The summed E-state index contributed by atoms with van der Waals surface area (Å²) in [5.74, 6) is -0.359. The van der Waals surface area contributed by atoms with E-state index in [1.54, 1.807) is 24.3 Å². The molecular formula is C20H20N4O3S. The number of carbonyl (C=O) groups is 3. The molecule has 0 saturated heterocycles. The molecule has 28 heavy (non-hydrogen) atoms. The molecular weight excluding hydrogens is 376 g/mol. The molecule has 1 aliphatic heterocycles. The largest absolute Gasteiger partial charge is 0.326 e. The third-order valence-corrected chi connectivity index (χ3v) is 4.80. The van der Waals surface area contributed by atoms with Gasteiger partial charge in [-0.3, -0.25) is 19.4 Å². The first kappa shape index (κ1) is 19.6. The minimum atomic E-state index is -0.234. The van der Waals surface area contributed by atoms with Crippen molar-refractivity contribution >= 4 is 46.0 Å². The van der Waals surface area contributed by atoms with Gasteiger partial charge in [-0.05, 0) is 29.8 Å². The average Bonchev–Trinajstić information content (AvgIpc) is 2.68. The van der Waals surface area contributed by atoms with E-state index in [-0.39, 0.29) is 29.5 Å². The number of rotatable bonds is 5. The Bertz CT molecular complexity index is 897. The van der Waals surface area contributed by atoms with Crippen molar-refractivity contribution in [3.8, 4) is 0 Å². The lowest BCUT2D eigenvalue weighted by atomic mass is 10.0. The van der Waals surface area contributed by atoms with E-state index in [0.29, 0.717) is 23.0 Å². The van der Waals surface area contributed by atoms with Crippen LogP contribution in [0.3, 0.4) is 0 Å². The number of aliphatic imine (C=N–C) groups is 1. The molecule has 1 unspecified atom stereocenters. The van der Waals surface area contributed by atoms with Crippen molar-refractivity contribution in [2.45, 2.75) is 19.4 Å². The Morgan fingerprint density at radius 3 is 2.36 bits per heavy atom. The maximum atomic E-state index is 12.2. The SMILES string of the molecule is CC(=O)Nc1ccc(NC(=O)CSC2=NC(c3ccccc3)CC(=O)N2)cc1. The van der Waals surface area contributed by atoms with Gasteiger partial charge in [0.25, 0.3) is 0 Å². The van der Waals surface area contributed by atoms with Crippen molar-refractivity contribution in [3.05, 3.63) is 60.2 Å². The fourth-order valence-electron chi connectivity index (χ4n) is 2.68. The Hall–Kier alpha value is -3.13. The summed E-state index contributed by atoms with van der Waals surface area (Å²) >= 11 is 1.19. The van der Waals surface area contributed by atoms with Crippen molar-refractivity contribution in [3.63, 3.8) is 0 Å². The van der Waals surface area contributed by atoms with E-state index in [1.807, 2.05) is 30.3 Å². The molecule has 1 atom stereocenters. The number of hydrogen-bond acceptors (Lipinski definition) is 5. The molecule has 3 N–H and O–H groups in total. The normalized spacial score (nSPS) is 16.0. The molecule has 0 aliphatic carbocycles. The number of amidine groups is 1. The summed E-state index contributed by atoms with van der Waals surface area (Å²) in [7, 11) is 0. The lowest BCUT2D eigenvalue weighted by Gasteiger charge is -2.20.